The van der Waals surface area contributed by atoms with Gasteiger partial charge < -0.3 is 10.6 Å². The quantitative estimate of drug-likeness (QED) is 0.830. The van der Waals surface area contributed by atoms with Gasteiger partial charge in [0.15, 0.2) is 0 Å². The fourth-order valence-electron chi connectivity index (χ4n) is 3.64. The molecule has 0 radical (unpaired) electrons. The molecule has 1 heterocycles. The Hall–Kier alpha value is -1.58. The maximum Gasteiger partial charge on any atom is 0.253 e. The van der Waals surface area contributed by atoms with E-state index in [4.69, 9.17) is 0 Å². The van der Waals surface area contributed by atoms with Crippen LogP contribution in [-0.4, -0.2) is 23.0 Å². The highest BCUT2D eigenvalue weighted by atomic mass is 16.1. The van der Waals surface area contributed by atoms with Gasteiger partial charge in [-0.05, 0) is 31.7 Å². The van der Waals surface area contributed by atoms with Crippen molar-refractivity contribution in [3.05, 3.63) is 24.0 Å². The molecule has 4 heteroatoms. The molecule has 0 atom stereocenters. The van der Waals surface area contributed by atoms with Crippen molar-refractivity contribution in [2.45, 2.75) is 76.3 Å². The highest BCUT2D eigenvalue weighted by Crippen LogP contribution is 2.22. The number of hydrogen-bond acceptors (Lipinski definition) is 3. The zero-order valence-electron chi connectivity index (χ0n) is 13.3. The zero-order chi connectivity index (χ0) is 15.2. The van der Waals surface area contributed by atoms with Crippen LogP contribution in [0.1, 0.15) is 74.6 Å². The fraction of sp³-hybridized carbons (Fsp3) is 0.667. The third-order valence-corrected chi connectivity index (χ3v) is 4.92. The summed E-state index contributed by atoms with van der Waals surface area (Å²) < 4.78 is 0. The highest BCUT2D eigenvalue weighted by molar-refractivity contribution is 5.94. The molecule has 120 valence electrons. The SMILES string of the molecule is O=C(NC1CCCCCC1)c1cncc(NC2CCCC2)c1. The van der Waals surface area contributed by atoms with Crippen molar-refractivity contribution in [1.82, 2.24) is 10.3 Å². The standard InChI is InChI=1S/C18H27N3O/c22-18(21-16-7-3-1-2-4-8-16)14-11-17(13-19-12-14)20-15-9-5-6-10-15/h11-13,15-16,20H,1-10H2,(H,21,22). The number of anilines is 1. The van der Waals surface area contributed by atoms with Gasteiger partial charge in [-0.15, -0.1) is 0 Å². The van der Waals surface area contributed by atoms with Crippen molar-refractivity contribution >= 4 is 11.6 Å². The van der Waals surface area contributed by atoms with Crippen molar-refractivity contribution in [3.8, 4) is 0 Å². The van der Waals surface area contributed by atoms with Gasteiger partial charge in [0, 0.05) is 24.5 Å². The lowest BCUT2D eigenvalue weighted by molar-refractivity contribution is 0.0933. The minimum absolute atomic E-state index is 0.0227. The van der Waals surface area contributed by atoms with Gasteiger partial charge in [-0.2, -0.15) is 0 Å². The zero-order valence-corrected chi connectivity index (χ0v) is 13.3. The first-order valence-corrected chi connectivity index (χ1v) is 8.84. The fourth-order valence-corrected chi connectivity index (χ4v) is 3.64. The lowest BCUT2D eigenvalue weighted by Gasteiger charge is -2.17. The van der Waals surface area contributed by atoms with Gasteiger partial charge >= 0.3 is 0 Å². The smallest absolute Gasteiger partial charge is 0.253 e. The molecule has 0 unspecified atom stereocenters. The normalized spacial score (nSPS) is 20.5. The van der Waals surface area contributed by atoms with Crippen LogP contribution in [0.15, 0.2) is 18.5 Å². The second-order valence-corrected chi connectivity index (χ2v) is 6.75. The molecule has 0 spiro atoms. The molecule has 2 fully saturated rings. The summed E-state index contributed by atoms with van der Waals surface area (Å²) in [5.41, 5.74) is 1.65. The number of carbonyl (C=O) groups excluding carboxylic acids is 1. The molecular formula is C18H27N3O. The van der Waals surface area contributed by atoms with Crippen molar-refractivity contribution in [3.63, 3.8) is 0 Å². The van der Waals surface area contributed by atoms with Gasteiger partial charge in [-0.1, -0.05) is 38.5 Å². The van der Waals surface area contributed by atoms with Gasteiger partial charge in [0.05, 0.1) is 11.3 Å². The molecule has 0 aliphatic heterocycles. The van der Waals surface area contributed by atoms with E-state index in [0.29, 0.717) is 17.6 Å². The summed E-state index contributed by atoms with van der Waals surface area (Å²) in [5.74, 6) is 0.0227. The van der Waals surface area contributed by atoms with Crippen LogP contribution in [0.2, 0.25) is 0 Å². The summed E-state index contributed by atoms with van der Waals surface area (Å²) >= 11 is 0. The molecular weight excluding hydrogens is 274 g/mol. The molecule has 2 aliphatic carbocycles. The molecule has 22 heavy (non-hydrogen) atoms. The summed E-state index contributed by atoms with van der Waals surface area (Å²) in [4.78, 5) is 16.7. The Bertz CT molecular complexity index is 489. The predicted molar refractivity (Wildman–Crippen MR) is 89.1 cm³/mol. The Morgan fingerprint density at radius 1 is 0.909 bits per heavy atom. The number of rotatable bonds is 4. The molecule has 1 aromatic heterocycles. The van der Waals surface area contributed by atoms with Gasteiger partial charge in [0.2, 0.25) is 0 Å². The molecule has 1 amide bonds. The summed E-state index contributed by atoms with van der Waals surface area (Å²) in [6.07, 6.45) is 15.8. The minimum Gasteiger partial charge on any atom is -0.381 e. The molecule has 4 nitrogen and oxygen atoms in total. The lowest BCUT2D eigenvalue weighted by atomic mass is 10.1. The maximum atomic E-state index is 12.4. The van der Waals surface area contributed by atoms with Crippen LogP contribution in [-0.2, 0) is 0 Å². The van der Waals surface area contributed by atoms with Crippen molar-refractivity contribution in [1.29, 1.82) is 0 Å². The summed E-state index contributed by atoms with van der Waals surface area (Å²) in [7, 11) is 0. The largest absolute Gasteiger partial charge is 0.381 e. The van der Waals surface area contributed by atoms with E-state index in [1.54, 1.807) is 6.20 Å². The van der Waals surface area contributed by atoms with Crippen LogP contribution < -0.4 is 10.6 Å². The number of aromatic nitrogens is 1. The van der Waals surface area contributed by atoms with E-state index < -0.39 is 0 Å². The van der Waals surface area contributed by atoms with Gasteiger partial charge in [-0.25, -0.2) is 0 Å². The van der Waals surface area contributed by atoms with Crippen LogP contribution in [0.4, 0.5) is 5.69 Å². The van der Waals surface area contributed by atoms with Crippen LogP contribution in [0.25, 0.3) is 0 Å². The number of pyridine rings is 1. The first kappa shape index (κ1) is 15.3. The summed E-state index contributed by atoms with van der Waals surface area (Å²) in [6, 6.07) is 2.82. The topological polar surface area (TPSA) is 54.0 Å². The Kier molecular flexibility index (Phi) is 5.30. The number of hydrogen-bond donors (Lipinski definition) is 2. The third kappa shape index (κ3) is 4.21. The van der Waals surface area contributed by atoms with E-state index in [0.717, 1.165) is 18.5 Å². The second-order valence-electron chi connectivity index (χ2n) is 6.75. The minimum atomic E-state index is 0.0227. The maximum absolute atomic E-state index is 12.4. The van der Waals surface area contributed by atoms with Crippen LogP contribution in [0, 0.1) is 0 Å². The molecule has 2 saturated carbocycles. The van der Waals surface area contributed by atoms with E-state index in [1.807, 2.05) is 12.3 Å². The first-order chi connectivity index (χ1) is 10.8. The Balaban J connectivity index is 1.59. The van der Waals surface area contributed by atoms with Crippen LogP contribution in [0.3, 0.4) is 0 Å². The summed E-state index contributed by atoms with van der Waals surface area (Å²) in [6.45, 7) is 0. The second kappa shape index (κ2) is 7.61. The molecule has 0 bridgehead atoms. The highest BCUT2D eigenvalue weighted by Gasteiger charge is 2.18. The number of amides is 1. The molecule has 0 saturated heterocycles. The molecule has 2 aliphatic rings. The van der Waals surface area contributed by atoms with E-state index in [2.05, 4.69) is 15.6 Å². The molecule has 2 N–H and O–H groups in total. The molecule has 3 rings (SSSR count). The van der Waals surface area contributed by atoms with Gasteiger partial charge in [0.1, 0.15) is 0 Å². The van der Waals surface area contributed by atoms with E-state index in [-0.39, 0.29) is 5.91 Å². The Morgan fingerprint density at radius 2 is 1.55 bits per heavy atom. The third-order valence-electron chi connectivity index (χ3n) is 4.92. The van der Waals surface area contributed by atoms with Crippen molar-refractivity contribution in [2.24, 2.45) is 0 Å². The van der Waals surface area contributed by atoms with E-state index in [9.17, 15) is 4.79 Å². The van der Waals surface area contributed by atoms with Crippen molar-refractivity contribution in [2.75, 3.05) is 5.32 Å². The van der Waals surface area contributed by atoms with E-state index in [1.165, 1.54) is 51.4 Å². The van der Waals surface area contributed by atoms with Crippen LogP contribution in [0.5, 0.6) is 0 Å². The average Bonchev–Trinajstić information content (AvgIpc) is 2.90. The number of carbonyl (C=O) groups is 1. The summed E-state index contributed by atoms with van der Waals surface area (Å²) in [5, 5.41) is 6.70. The monoisotopic (exact) mass is 301 g/mol. The van der Waals surface area contributed by atoms with Crippen molar-refractivity contribution < 1.29 is 4.79 Å². The lowest BCUT2D eigenvalue weighted by Crippen LogP contribution is -2.34. The number of nitrogens with zero attached hydrogens (tertiary/aromatic N) is 1. The van der Waals surface area contributed by atoms with Gasteiger partial charge in [-0.3, -0.25) is 9.78 Å². The van der Waals surface area contributed by atoms with E-state index >= 15 is 0 Å². The predicted octanol–water partition coefficient (Wildman–Crippen LogP) is 3.89. The van der Waals surface area contributed by atoms with Crippen LogP contribution >= 0.6 is 0 Å². The van der Waals surface area contributed by atoms with Gasteiger partial charge in [0.25, 0.3) is 5.91 Å². The molecule has 0 aromatic carbocycles. The Morgan fingerprint density at radius 3 is 2.27 bits per heavy atom. The average molecular weight is 301 g/mol. The number of nitrogens with one attached hydrogen (secondary N) is 2. The Labute approximate surface area is 133 Å². The first-order valence-electron chi connectivity index (χ1n) is 8.84. The molecule has 1 aromatic rings.